The van der Waals surface area contributed by atoms with Gasteiger partial charge in [-0.05, 0) is 26.1 Å². The molecule has 1 aromatic heterocycles. The number of likely N-dealkylation sites (N-methyl/N-ethyl adjacent to an activating group) is 1. The van der Waals surface area contributed by atoms with Gasteiger partial charge in [0.25, 0.3) is 11.8 Å². The molecule has 0 spiro atoms. The fourth-order valence-electron chi connectivity index (χ4n) is 2.70. The summed E-state index contributed by atoms with van der Waals surface area (Å²) in [6.07, 6.45) is 0. The fourth-order valence-corrected chi connectivity index (χ4v) is 3.36. The smallest absolute Gasteiger partial charge is 0.286 e. The molecule has 1 aromatic carbocycles. The lowest BCUT2D eigenvalue weighted by molar-refractivity contribution is 0.0939. The number of rotatable bonds is 6. The molecular weight excluding hydrogens is 364 g/mol. The topological polar surface area (TPSA) is 90.5 Å². The lowest BCUT2D eigenvalue weighted by Gasteiger charge is -2.32. The first-order valence-electron chi connectivity index (χ1n) is 8.92. The number of aromatic nitrogens is 2. The largest absolute Gasteiger partial charge is 0.349 e. The predicted octanol–water partition coefficient (Wildman–Crippen LogP) is 1.08. The van der Waals surface area contributed by atoms with Crippen molar-refractivity contribution in [2.45, 2.75) is 6.92 Å². The Hall–Kier alpha value is -2.36. The maximum Gasteiger partial charge on any atom is 0.286 e. The van der Waals surface area contributed by atoms with Crippen LogP contribution in [0.4, 0.5) is 5.69 Å². The Morgan fingerprint density at radius 2 is 1.67 bits per heavy atom. The van der Waals surface area contributed by atoms with Crippen LogP contribution in [-0.2, 0) is 0 Å². The van der Waals surface area contributed by atoms with Gasteiger partial charge in [0.2, 0.25) is 10.0 Å². The van der Waals surface area contributed by atoms with Crippen molar-refractivity contribution in [1.29, 1.82) is 0 Å². The molecule has 0 saturated carbocycles. The van der Waals surface area contributed by atoms with Gasteiger partial charge in [-0.25, -0.2) is 0 Å². The number of hydrogen-bond acceptors (Lipinski definition) is 7. The molecular formula is C18H24N6O2S. The van der Waals surface area contributed by atoms with Crippen LogP contribution < -0.4 is 10.6 Å². The SMILES string of the molecule is Cc1ccc(NC(=O)c2nnc(C(=O)NCCN3CCN(C)CC3)s2)cc1. The average Bonchev–Trinajstić information content (AvgIpc) is 3.16. The molecule has 3 rings (SSSR count). The number of nitrogens with zero attached hydrogens (tertiary/aromatic N) is 4. The first-order valence-corrected chi connectivity index (χ1v) is 9.73. The Morgan fingerprint density at radius 1 is 1.04 bits per heavy atom. The number of aryl methyl sites for hydroxylation is 1. The fraction of sp³-hybridized carbons (Fsp3) is 0.444. The van der Waals surface area contributed by atoms with E-state index in [0.29, 0.717) is 12.2 Å². The van der Waals surface area contributed by atoms with E-state index in [-0.39, 0.29) is 21.8 Å². The van der Waals surface area contributed by atoms with Crippen molar-refractivity contribution in [2.75, 3.05) is 51.6 Å². The predicted molar refractivity (Wildman–Crippen MR) is 105 cm³/mol. The molecule has 2 amide bonds. The van der Waals surface area contributed by atoms with Crippen molar-refractivity contribution >= 4 is 28.8 Å². The number of piperazine rings is 1. The third-order valence-electron chi connectivity index (χ3n) is 4.43. The minimum atomic E-state index is -0.368. The molecule has 0 unspecified atom stereocenters. The van der Waals surface area contributed by atoms with Crippen molar-refractivity contribution in [3.8, 4) is 0 Å². The van der Waals surface area contributed by atoms with Crippen LogP contribution >= 0.6 is 11.3 Å². The van der Waals surface area contributed by atoms with Crippen molar-refractivity contribution in [1.82, 2.24) is 25.3 Å². The molecule has 0 bridgehead atoms. The molecule has 2 N–H and O–H groups in total. The number of benzene rings is 1. The summed E-state index contributed by atoms with van der Waals surface area (Å²) < 4.78 is 0. The Balaban J connectivity index is 1.46. The molecule has 8 nitrogen and oxygen atoms in total. The minimum absolute atomic E-state index is 0.166. The monoisotopic (exact) mass is 388 g/mol. The summed E-state index contributed by atoms with van der Waals surface area (Å²) in [5, 5.41) is 13.6. The van der Waals surface area contributed by atoms with E-state index < -0.39 is 0 Å². The van der Waals surface area contributed by atoms with Gasteiger partial charge in [0, 0.05) is 45.0 Å². The number of hydrogen-bond donors (Lipinski definition) is 2. The van der Waals surface area contributed by atoms with Crippen LogP contribution in [-0.4, -0.2) is 78.1 Å². The van der Waals surface area contributed by atoms with Crippen LogP contribution in [0.2, 0.25) is 0 Å². The van der Waals surface area contributed by atoms with E-state index >= 15 is 0 Å². The molecule has 1 aliphatic heterocycles. The average molecular weight is 388 g/mol. The lowest BCUT2D eigenvalue weighted by Crippen LogP contribution is -2.46. The molecule has 0 aliphatic carbocycles. The summed E-state index contributed by atoms with van der Waals surface area (Å²) in [4.78, 5) is 29.1. The Labute approximate surface area is 162 Å². The van der Waals surface area contributed by atoms with E-state index in [0.717, 1.165) is 49.6 Å². The van der Waals surface area contributed by atoms with Crippen LogP contribution in [0.25, 0.3) is 0 Å². The van der Waals surface area contributed by atoms with Crippen molar-refractivity contribution in [3.63, 3.8) is 0 Å². The van der Waals surface area contributed by atoms with Crippen LogP contribution in [0.1, 0.15) is 25.2 Å². The summed E-state index contributed by atoms with van der Waals surface area (Å²) in [6.45, 7) is 7.44. The quantitative estimate of drug-likeness (QED) is 0.770. The highest BCUT2D eigenvalue weighted by Gasteiger charge is 2.18. The molecule has 27 heavy (non-hydrogen) atoms. The van der Waals surface area contributed by atoms with Crippen molar-refractivity contribution in [3.05, 3.63) is 39.8 Å². The molecule has 1 aliphatic rings. The van der Waals surface area contributed by atoms with E-state index in [2.05, 4.69) is 37.7 Å². The van der Waals surface area contributed by atoms with Gasteiger partial charge in [-0.3, -0.25) is 14.5 Å². The molecule has 2 heterocycles. The second-order valence-electron chi connectivity index (χ2n) is 6.63. The molecule has 2 aromatic rings. The van der Waals surface area contributed by atoms with E-state index in [4.69, 9.17) is 0 Å². The minimum Gasteiger partial charge on any atom is -0.349 e. The van der Waals surface area contributed by atoms with Crippen LogP contribution in [0.3, 0.4) is 0 Å². The van der Waals surface area contributed by atoms with Gasteiger partial charge in [-0.15, -0.1) is 10.2 Å². The van der Waals surface area contributed by atoms with Gasteiger partial charge in [-0.2, -0.15) is 0 Å². The summed E-state index contributed by atoms with van der Waals surface area (Å²) in [6, 6.07) is 7.46. The van der Waals surface area contributed by atoms with Gasteiger partial charge < -0.3 is 15.5 Å². The van der Waals surface area contributed by atoms with Crippen LogP contribution in [0.15, 0.2) is 24.3 Å². The summed E-state index contributed by atoms with van der Waals surface area (Å²) >= 11 is 0.991. The maximum absolute atomic E-state index is 12.2. The van der Waals surface area contributed by atoms with E-state index in [9.17, 15) is 9.59 Å². The summed E-state index contributed by atoms with van der Waals surface area (Å²) in [5.41, 5.74) is 1.79. The Bertz CT molecular complexity index is 783. The second kappa shape index (κ2) is 9.03. The second-order valence-corrected chi connectivity index (χ2v) is 7.61. The first-order chi connectivity index (χ1) is 13.0. The number of carbonyl (C=O) groups excluding carboxylic acids is 2. The van der Waals surface area contributed by atoms with Crippen LogP contribution in [0.5, 0.6) is 0 Å². The number of carbonyl (C=O) groups is 2. The molecule has 9 heteroatoms. The molecule has 1 fully saturated rings. The highest BCUT2D eigenvalue weighted by Crippen LogP contribution is 2.14. The normalized spacial score (nSPS) is 15.5. The Morgan fingerprint density at radius 3 is 2.33 bits per heavy atom. The molecule has 0 atom stereocenters. The first kappa shape index (κ1) is 19.4. The van der Waals surface area contributed by atoms with Crippen molar-refractivity contribution in [2.24, 2.45) is 0 Å². The maximum atomic E-state index is 12.2. The molecule has 144 valence electrons. The number of anilines is 1. The lowest BCUT2D eigenvalue weighted by atomic mass is 10.2. The Kier molecular flexibility index (Phi) is 6.49. The highest BCUT2D eigenvalue weighted by atomic mass is 32.1. The number of amides is 2. The van der Waals surface area contributed by atoms with Crippen molar-refractivity contribution < 1.29 is 9.59 Å². The summed E-state index contributed by atoms with van der Waals surface area (Å²) in [7, 11) is 2.11. The third-order valence-corrected chi connectivity index (χ3v) is 5.35. The highest BCUT2D eigenvalue weighted by molar-refractivity contribution is 7.15. The van der Waals surface area contributed by atoms with Gasteiger partial charge in [-0.1, -0.05) is 29.0 Å². The van der Waals surface area contributed by atoms with Crippen LogP contribution in [0, 0.1) is 6.92 Å². The number of nitrogens with one attached hydrogen (secondary N) is 2. The molecule has 0 radical (unpaired) electrons. The van der Waals surface area contributed by atoms with E-state index in [1.54, 1.807) is 0 Å². The van der Waals surface area contributed by atoms with E-state index in [1.165, 1.54) is 0 Å². The van der Waals surface area contributed by atoms with Gasteiger partial charge in [0.05, 0.1) is 0 Å². The van der Waals surface area contributed by atoms with Gasteiger partial charge in [0.15, 0.2) is 0 Å². The van der Waals surface area contributed by atoms with Gasteiger partial charge >= 0.3 is 0 Å². The van der Waals surface area contributed by atoms with E-state index in [1.807, 2.05) is 31.2 Å². The van der Waals surface area contributed by atoms with Gasteiger partial charge in [0.1, 0.15) is 0 Å². The molecule has 1 saturated heterocycles. The third kappa shape index (κ3) is 5.56. The standard InChI is InChI=1S/C18H24N6O2S/c1-13-3-5-14(6-4-13)20-16(26)18-22-21-17(27-18)15(25)19-7-8-24-11-9-23(2)10-12-24/h3-6H,7-12H2,1-2H3,(H,19,25)(H,20,26). The zero-order valence-electron chi connectivity index (χ0n) is 15.6. The zero-order chi connectivity index (χ0) is 19.2. The zero-order valence-corrected chi connectivity index (χ0v) is 16.4. The summed E-state index contributed by atoms with van der Waals surface area (Å²) in [5.74, 6) is -0.663.